The van der Waals surface area contributed by atoms with E-state index >= 15 is 0 Å². The van der Waals surface area contributed by atoms with Crippen LogP contribution >= 0.6 is 0 Å². The molecular weight excluding hydrogens is 220 g/mol. The van der Waals surface area contributed by atoms with Gasteiger partial charge in [-0.3, -0.25) is 0 Å². The van der Waals surface area contributed by atoms with Gasteiger partial charge < -0.3 is 5.32 Å². The summed E-state index contributed by atoms with van der Waals surface area (Å²) in [6, 6.07) is 4.07. The highest BCUT2D eigenvalue weighted by molar-refractivity contribution is 5.25. The number of rotatable bonds is 4. The first kappa shape index (κ1) is 12.2. The highest BCUT2D eigenvalue weighted by atomic mass is 19.1. The quantitative estimate of drug-likeness (QED) is 0.793. The summed E-state index contributed by atoms with van der Waals surface area (Å²) < 4.78 is 27.1. The summed E-state index contributed by atoms with van der Waals surface area (Å²) in [6.07, 6.45) is 5.81. The Bertz CT molecular complexity index is 406. The van der Waals surface area contributed by atoms with Crippen molar-refractivity contribution in [3.05, 3.63) is 47.0 Å². The Balaban J connectivity index is 2.18. The van der Waals surface area contributed by atoms with E-state index in [1.165, 1.54) is 23.8 Å². The van der Waals surface area contributed by atoms with E-state index in [0.29, 0.717) is 6.42 Å². The van der Waals surface area contributed by atoms with Crippen molar-refractivity contribution in [3.8, 4) is 0 Å². The van der Waals surface area contributed by atoms with Crippen LogP contribution in [0.5, 0.6) is 0 Å². The third-order valence-electron chi connectivity index (χ3n) is 3.34. The highest BCUT2D eigenvalue weighted by Gasteiger charge is 2.19. The minimum Gasteiger partial charge on any atom is -0.313 e. The Morgan fingerprint density at radius 3 is 2.53 bits per heavy atom. The maximum atomic E-state index is 13.5. The monoisotopic (exact) mass is 237 g/mol. The minimum atomic E-state index is -0.455. The molecule has 92 valence electrons. The molecule has 0 fully saturated rings. The fraction of sp³-hybridized carbons (Fsp3) is 0.429. The van der Waals surface area contributed by atoms with Crippen molar-refractivity contribution in [2.45, 2.75) is 31.7 Å². The second-order valence-corrected chi connectivity index (χ2v) is 4.42. The van der Waals surface area contributed by atoms with Gasteiger partial charge in [0.1, 0.15) is 11.6 Å². The van der Waals surface area contributed by atoms with Gasteiger partial charge in [0.15, 0.2) is 0 Å². The molecule has 17 heavy (non-hydrogen) atoms. The SMILES string of the molecule is CNC(Cc1c(F)cccc1F)C1=CCCC1. The third-order valence-corrected chi connectivity index (χ3v) is 3.34. The topological polar surface area (TPSA) is 12.0 Å². The molecule has 0 saturated heterocycles. The molecule has 0 saturated carbocycles. The second-order valence-electron chi connectivity index (χ2n) is 4.42. The summed E-state index contributed by atoms with van der Waals surface area (Å²) in [5.41, 5.74) is 1.45. The Hall–Kier alpha value is -1.22. The van der Waals surface area contributed by atoms with Gasteiger partial charge in [0.05, 0.1) is 0 Å². The van der Waals surface area contributed by atoms with Gasteiger partial charge in [0, 0.05) is 11.6 Å². The van der Waals surface area contributed by atoms with Crippen LogP contribution in [-0.2, 0) is 6.42 Å². The molecule has 1 aliphatic rings. The lowest BCUT2D eigenvalue weighted by atomic mass is 9.98. The Morgan fingerprint density at radius 1 is 1.29 bits per heavy atom. The number of benzene rings is 1. The molecular formula is C14H17F2N. The van der Waals surface area contributed by atoms with Crippen LogP contribution in [-0.4, -0.2) is 13.1 Å². The van der Waals surface area contributed by atoms with Crippen LogP contribution < -0.4 is 5.32 Å². The molecule has 0 aliphatic heterocycles. The first-order chi connectivity index (χ1) is 8.22. The second kappa shape index (κ2) is 5.41. The van der Waals surface area contributed by atoms with Crippen molar-refractivity contribution in [3.63, 3.8) is 0 Å². The van der Waals surface area contributed by atoms with Crippen LogP contribution in [0.4, 0.5) is 8.78 Å². The van der Waals surface area contributed by atoms with E-state index < -0.39 is 11.6 Å². The van der Waals surface area contributed by atoms with Crippen LogP contribution in [0, 0.1) is 11.6 Å². The first-order valence-electron chi connectivity index (χ1n) is 6.01. The number of allylic oxidation sites excluding steroid dienone is 1. The molecule has 0 bridgehead atoms. The molecule has 0 amide bonds. The average Bonchev–Trinajstić information content (AvgIpc) is 2.82. The molecule has 1 aliphatic carbocycles. The molecule has 2 rings (SSSR count). The third kappa shape index (κ3) is 2.72. The van der Waals surface area contributed by atoms with Crippen molar-refractivity contribution < 1.29 is 8.78 Å². The van der Waals surface area contributed by atoms with E-state index in [0.717, 1.165) is 19.3 Å². The fourth-order valence-electron chi connectivity index (χ4n) is 2.36. The van der Waals surface area contributed by atoms with Gasteiger partial charge >= 0.3 is 0 Å². The molecule has 1 aromatic carbocycles. The number of nitrogens with one attached hydrogen (secondary N) is 1. The first-order valence-corrected chi connectivity index (χ1v) is 6.01. The summed E-state index contributed by atoms with van der Waals surface area (Å²) >= 11 is 0. The number of likely N-dealkylation sites (N-methyl/N-ethyl adjacent to an activating group) is 1. The van der Waals surface area contributed by atoms with E-state index in [9.17, 15) is 8.78 Å². The maximum Gasteiger partial charge on any atom is 0.129 e. The van der Waals surface area contributed by atoms with Crippen molar-refractivity contribution in [1.82, 2.24) is 5.32 Å². The highest BCUT2D eigenvalue weighted by Crippen LogP contribution is 2.24. The molecule has 1 aromatic rings. The van der Waals surface area contributed by atoms with Crippen molar-refractivity contribution in [1.29, 1.82) is 0 Å². The van der Waals surface area contributed by atoms with E-state index in [-0.39, 0.29) is 11.6 Å². The number of halogens is 2. The van der Waals surface area contributed by atoms with Gasteiger partial charge in [-0.25, -0.2) is 8.78 Å². The van der Waals surface area contributed by atoms with Crippen molar-refractivity contribution in [2.24, 2.45) is 0 Å². The van der Waals surface area contributed by atoms with Crippen LogP contribution in [0.25, 0.3) is 0 Å². The van der Waals surface area contributed by atoms with Crippen molar-refractivity contribution in [2.75, 3.05) is 7.05 Å². The molecule has 0 heterocycles. The predicted octanol–water partition coefficient (Wildman–Crippen LogP) is 3.21. The molecule has 3 heteroatoms. The molecule has 1 N–H and O–H groups in total. The summed E-state index contributed by atoms with van der Waals surface area (Å²) in [6.45, 7) is 0. The van der Waals surface area contributed by atoms with Crippen LogP contribution in [0.15, 0.2) is 29.8 Å². The van der Waals surface area contributed by atoms with Gasteiger partial charge in [-0.2, -0.15) is 0 Å². The summed E-state index contributed by atoms with van der Waals surface area (Å²) in [5, 5.41) is 3.15. The summed E-state index contributed by atoms with van der Waals surface area (Å²) in [7, 11) is 1.84. The Kier molecular flexibility index (Phi) is 3.89. The Labute approximate surface area is 101 Å². The predicted molar refractivity (Wildman–Crippen MR) is 64.8 cm³/mol. The van der Waals surface area contributed by atoms with Gasteiger partial charge in [-0.1, -0.05) is 17.7 Å². The summed E-state index contributed by atoms with van der Waals surface area (Å²) in [4.78, 5) is 0. The number of hydrogen-bond acceptors (Lipinski definition) is 1. The standard InChI is InChI=1S/C14H17F2N/c1-17-14(10-5-2-3-6-10)9-11-12(15)7-4-8-13(11)16/h4-5,7-8,14,17H,2-3,6,9H2,1H3. The van der Waals surface area contributed by atoms with E-state index in [2.05, 4.69) is 11.4 Å². The zero-order chi connectivity index (χ0) is 12.3. The largest absolute Gasteiger partial charge is 0.313 e. The molecule has 1 unspecified atom stereocenters. The van der Waals surface area contributed by atoms with Crippen LogP contribution in [0.1, 0.15) is 24.8 Å². The minimum absolute atomic E-state index is 0.0453. The Morgan fingerprint density at radius 2 is 2.00 bits per heavy atom. The van der Waals surface area contributed by atoms with Crippen LogP contribution in [0.2, 0.25) is 0 Å². The fourth-order valence-corrected chi connectivity index (χ4v) is 2.36. The van der Waals surface area contributed by atoms with E-state index in [1.54, 1.807) is 0 Å². The lowest BCUT2D eigenvalue weighted by Gasteiger charge is -2.18. The molecule has 0 radical (unpaired) electrons. The van der Waals surface area contributed by atoms with E-state index in [4.69, 9.17) is 0 Å². The van der Waals surface area contributed by atoms with Gasteiger partial charge in [-0.15, -0.1) is 0 Å². The average molecular weight is 237 g/mol. The van der Waals surface area contributed by atoms with E-state index in [1.807, 2.05) is 7.05 Å². The van der Waals surface area contributed by atoms with Crippen molar-refractivity contribution >= 4 is 0 Å². The van der Waals surface area contributed by atoms with Gasteiger partial charge in [0.25, 0.3) is 0 Å². The normalized spacial score (nSPS) is 17.0. The zero-order valence-electron chi connectivity index (χ0n) is 9.97. The number of hydrogen-bond donors (Lipinski definition) is 1. The van der Waals surface area contributed by atoms with Crippen LogP contribution in [0.3, 0.4) is 0 Å². The molecule has 0 spiro atoms. The zero-order valence-corrected chi connectivity index (χ0v) is 9.97. The lowest BCUT2D eigenvalue weighted by Crippen LogP contribution is -2.30. The van der Waals surface area contributed by atoms with Gasteiger partial charge in [0.2, 0.25) is 0 Å². The maximum absolute atomic E-state index is 13.5. The molecule has 0 aromatic heterocycles. The lowest BCUT2D eigenvalue weighted by molar-refractivity contribution is 0.526. The molecule has 1 nitrogen and oxygen atoms in total. The molecule has 1 atom stereocenters. The smallest absolute Gasteiger partial charge is 0.129 e. The van der Waals surface area contributed by atoms with Gasteiger partial charge in [-0.05, 0) is 44.9 Å². The summed E-state index contributed by atoms with van der Waals surface area (Å²) in [5.74, 6) is -0.910.